The van der Waals surface area contributed by atoms with Crippen molar-refractivity contribution in [2.45, 2.75) is 30.7 Å². The molecule has 1 aliphatic heterocycles. The first-order valence-corrected chi connectivity index (χ1v) is 12.1. The van der Waals surface area contributed by atoms with E-state index in [0.29, 0.717) is 35.8 Å². The lowest BCUT2D eigenvalue weighted by Gasteiger charge is -2.32. The molecule has 0 radical (unpaired) electrons. The van der Waals surface area contributed by atoms with Crippen molar-refractivity contribution in [3.8, 4) is 0 Å². The molecule has 3 aromatic rings. The number of likely N-dealkylation sites (tertiary alicyclic amines) is 1. The Kier molecular flexibility index (Phi) is 5.66. The van der Waals surface area contributed by atoms with Crippen LogP contribution in [0.15, 0.2) is 53.4 Å². The quantitative estimate of drug-likeness (QED) is 0.641. The molecule has 1 saturated heterocycles. The Hall–Kier alpha value is -1.93. The number of thiophene rings is 1. The van der Waals surface area contributed by atoms with Crippen LogP contribution < -0.4 is 4.72 Å². The van der Waals surface area contributed by atoms with Gasteiger partial charge in [-0.05, 0) is 43.5 Å². The summed E-state index contributed by atoms with van der Waals surface area (Å²) in [5, 5.41) is 1.45. The van der Waals surface area contributed by atoms with E-state index < -0.39 is 10.0 Å². The number of hydrogen-bond donors (Lipinski definition) is 1. The van der Waals surface area contributed by atoms with Crippen LogP contribution in [-0.4, -0.2) is 38.4 Å². The molecule has 0 aliphatic carbocycles. The van der Waals surface area contributed by atoms with Crippen molar-refractivity contribution in [3.63, 3.8) is 0 Å². The number of carbonyl (C=O) groups excluding carboxylic acids is 1. The SMILES string of the molecule is Cc1cccc2sc(C(=O)N3CCC(NS(=O)(=O)c4ccccc4)CC3)c(Cl)c12. The van der Waals surface area contributed by atoms with Gasteiger partial charge in [-0.1, -0.05) is 41.9 Å². The van der Waals surface area contributed by atoms with Gasteiger partial charge in [-0.15, -0.1) is 11.3 Å². The minimum absolute atomic E-state index is 0.0834. The number of carbonyl (C=O) groups is 1. The van der Waals surface area contributed by atoms with E-state index in [9.17, 15) is 13.2 Å². The van der Waals surface area contributed by atoms with Crippen molar-refractivity contribution >= 4 is 49.0 Å². The molecule has 0 atom stereocenters. The number of fused-ring (bicyclic) bond motifs is 1. The summed E-state index contributed by atoms with van der Waals surface area (Å²) in [5.74, 6) is -0.0834. The number of nitrogens with one attached hydrogen (secondary N) is 1. The zero-order chi connectivity index (χ0) is 20.6. The Morgan fingerprint density at radius 3 is 2.45 bits per heavy atom. The molecule has 1 fully saturated rings. The summed E-state index contributed by atoms with van der Waals surface area (Å²) in [7, 11) is -3.55. The molecule has 5 nitrogen and oxygen atoms in total. The Labute approximate surface area is 179 Å². The number of amides is 1. The van der Waals surface area contributed by atoms with Gasteiger partial charge in [0, 0.05) is 29.2 Å². The van der Waals surface area contributed by atoms with Crippen LogP contribution in [0.25, 0.3) is 10.1 Å². The molecule has 4 rings (SSSR count). The van der Waals surface area contributed by atoms with Crippen LogP contribution in [0, 0.1) is 6.92 Å². The Morgan fingerprint density at radius 2 is 1.79 bits per heavy atom. The van der Waals surface area contributed by atoms with E-state index in [1.54, 1.807) is 35.2 Å². The molecule has 2 heterocycles. The Morgan fingerprint density at radius 1 is 1.10 bits per heavy atom. The largest absolute Gasteiger partial charge is 0.338 e. The average Bonchev–Trinajstić information content (AvgIpc) is 3.06. The third kappa shape index (κ3) is 4.05. The van der Waals surface area contributed by atoms with Gasteiger partial charge in [-0.3, -0.25) is 4.79 Å². The predicted octanol–water partition coefficient (Wildman–Crippen LogP) is 4.45. The van der Waals surface area contributed by atoms with E-state index in [4.69, 9.17) is 11.6 Å². The summed E-state index contributed by atoms with van der Waals surface area (Å²) in [4.78, 5) is 15.6. The van der Waals surface area contributed by atoms with Gasteiger partial charge in [-0.2, -0.15) is 0 Å². The highest BCUT2D eigenvalue weighted by molar-refractivity contribution is 7.89. The summed E-state index contributed by atoms with van der Waals surface area (Å²) in [6, 6.07) is 14.1. The fourth-order valence-electron chi connectivity index (χ4n) is 3.64. The van der Waals surface area contributed by atoms with Gasteiger partial charge in [0.05, 0.1) is 9.92 Å². The standard InChI is InChI=1S/C21H21ClN2O3S2/c1-14-6-5-9-17-18(14)19(22)20(28-17)21(25)24-12-10-15(11-13-24)23-29(26,27)16-7-3-2-4-8-16/h2-9,15,23H,10-13H2,1H3. The van der Waals surface area contributed by atoms with Crippen molar-refractivity contribution in [3.05, 3.63) is 64.0 Å². The van der Waals surface area contributed by atoms with Gasteiger partial charge in [0.1, 0.15) is 4.88 Å². The van der Waals surface area contributed by atoms with Gasteiger partial charge >= 0.3 is 0 Å². The highest BCUT2D eigenvalue weighted by Crippen LogP contribution is 2.38. The molecule has 0 spiro atoms. The number of piperidine rings is 1. The van der Waals surface area contributed by atoms with Gasteiger partial charge < -0.3 is 4.90 Å². The number of aryl methyl sites for hydroxylation is 1. The maximum absolute atomic E-state index is 13.0. The van der Waals surface area contributed by atoms with E-state index >= 15 is 0 Å². The first-order valence-electron chi connectivity index (χ1n) is 9.41. The number of hydrogen-bond acceptors (Lipinski definition) is 4. The molecule has 0 saturated carbocycles. The monoisotopic (exact) mass is 448 g/mol. The van der Waals surface area contributed by atoms with Crippen LogP contribution in [0.4, 0.5) is 0 Å². The van der Waals surface area contributed by atoms with Crippen LogP contribution in [0.5, 0.6) is 0 Å². The first kappa shape index (κ1) is 20.3. The minimum atomic E-state index is -3.55. The topological polar surface area (TPSA) is 66.5 Å². The second-order valence-electron chi connectivity index (χ2n) is 7.19. The number of sulfonamides is 1. The maximum atomic E-state index is 13.0. The van der Waals surface area contributed by atoms with Crippen LogP contribution >= 0.6 is 22.9 Å². The molecule has 1 aromatic heterocycles. The molecular formula is C21H21ClN2O3S2. The van der Waals surface area contributed by atoms with Gasteiger partial charge in [0.2, 0.25) is 10.0 Å². The van der Waals surface area contributed by atoms with E-state index in [1.165, 1.54) is 11.3 Å². The molecule has 1 aliphatic rings. The highest BCUT2D eigenvalue weighted by atomic mass is 35.5. The van der Waals surface area contributed by atoms with Gasteiger partial charge in [0.15, 0.2) is 0 Å². The van der Waals surface area contributed by atoms with E-state index in [-0.39, 0.29) is 16.8 Å². The number of nitrogens with zero attached hydrogens (tertiary/aromatic N) is 1. The average molecular weight is 449 g/mol. The van der Waals surface area contributed by atoms with E-state index in [1.807, 2.05) is 25.1 Å². The Bertz CT molecular complexity index is 1150. The lowest BCUT2D eigenvalue weighted by atomic mass is 10.1. The molecule has 0 bridgehead atoms. The lowest BCUT2D eigenvalue weighted by Crippen LogP contribution is -2.46. The number of rotatable bonds is 4. The predicted molar refractivity (Wildman–Crippen MR) is 117 cm³/mol. The summed E-state index contributed by atoms with van der Waals surface area (Å²) < 4.78 is 28.8. The molecule has 0 unspecified atom stereocenters. The zero-order valence-corrected chi connectivity index (χ0v) is 18.3. The van der Waals surface area contributed by atoms with Crippen LogP contribution in [-0.2, 0) is 10.0 Å². The van der Waals surface area contributed by atoms with Crippen LogP contribution in [0.1, 0.15) is 28.1 Å². The van der Waals surface area contributed by atoms with E-state index in [0.717, 1.165) is 15.6 Å². The Balaban J connectivity index is 1.44. The lowest BCUT2D eigenvalue weighted by molar-refractivity contribution is 0.0716. The normalized spacial score (nSPS) is 15.7. The smallest absolute Gasteiger partial charge is 0.265 e. The van der Waals surface area contributed by atoms with Gasteiger partial charge in [0.25, 0.3) is 5.91 Å². The second kappa shape index (κ2) is 8.07. The van der Waals surface area contributed by atoms with Gasteiger partial charge in [-0.25, -0.2) is 13.1 Å². The fraction of sp³-hybridized carbons (Fsp3) is 0.286. The third-order valence-electron chi connectivity index (χ3n) is 5.22. The molecule has 29 heavy (non-hydrogen) atoms. The van der Waals surface area contributed by atoms with Crippen molar-refractivity contribution in [1.82, 2.24) is 9.62 Å². The first-order chi connectivity index (χ1) is 13.9. The molecular weight excluding hydrogens is 428 g/mol. The highest BCUT2D eigenvalue weighted by Gasteiger charge is 2.29. The summed E-state index contributed by atoms with van der Waals surface area (Å²) in [6.45, 7) is 2.97. The van der Waals surface area contributed by atoms with Crippen molar-refractivity contribution in [2.24, 2.45) is 0 Å². The van der Waals surface area contributed by atoms with Crippen molar-refractivity contribution in [1.29, 1.82) is 0 Å². The summed E-state index contributed by atoms with van der Waals surface area (Å²) >= 11 is 7.94. The van der Waals surface area contributed by atoms with Crippen molar-refractivity contribution in [2.75, 3.05) is 13.1 Å². The fourth-order valence-corrected chi connectivity index (χ4v) is 6.61. The molecule has 152 valence electrons. The summed E-state index contributed by atoms with van der Waals surface area (Å²) in [5.41, 5.74) is 1.05. The minimum Gasteiger partial charge on any atom is -0.338 e. The molecule has 1 N–H and O–H groups in total. The molecule has 1 amide bonds. The zero-order valence-electron chi connectivity index (χ0n) is 15.9. The number of halogens is 1. The van der Waals surface area contributed by atoms with Crippen LogP contribution in [0.3, 0.4) is 0 Å². The molecule has 2 aromatic carbocycles. The van der Waals surface area contributed by atoms with E-state index in [2.05, 4.69) is 4.72 Å². The van der Waals surface area contributed by atoms with Crippen molar-refractivity contribution < 1.29 is 13.2 Å². The van der Waals surface area contributed by atoms with Crippen LogP contribution in [0.2, 0.25) is 5.02 Å². The summed E-state index contributed by atoms with van der Waals surface area (Å²) in [6.07, 6.45) is 1.14. The maximum Gasteiger partial charge on any atom is 0.265 e. The second-order valence-corrected chi connectivity index (χ2v) is 10.3. The third-order valence-corrected chi connectivity index (χ3v) is 8.39. The number of benzene rings is 2. The molecule has 8 heteroatoms.